The maximum atomic E-state index is 12.2. The molecule has 1 N–H and O–H groups in total. The molecular weight excluding hydrogens is 401 g/mol. The first-order chi connectivity index (χ1) is 12.5. The van der Waals surface area contributed by atoms with E-state index in [4.69, 9.17) is 4.74 Å². The van der Waals surface area contributed by atoms with Gasteiger partial charge in [-0.2, -0.15) is 13.2 Å². The average molecular weight is 417 g/mol. The van der Waals surface area contributed by atoms with E-state index in [2.05, 4.69) is 9.82 Å². The number of hydrogen-bond donors (Lipinski definition) is 1. The van der Waals surface area contributed by atoms with E-state index in [1.54, 1.807) is 6.07 Å². The number of imidazole rings is 1. The quantitative estimate of drug-likeness (QED) is 0.387. The van der Waals surface area contributed by atoms with Crippen molar-refractivity contribution in [3.05, 3.63) is 48.3 Å². The van der Waals surface area contributed by atoms with E-state index in [9.17, 15) is 13.2 Å². The Balaban J connectivity index is 0.00000210. The molecule has 0 fully saturated rings. The lowest BCUT2D eigenvalue weighted by molar-refractivity contribution is -0.611. The number of rotatable bonds is 4. The van der Waals surface area contributed by atoms with Gasteiger partial charge in [0.1, 0.15) is 5.75 Å². The smallest absolute Gasteiger partial charge is 0.427 e. The van der Waals surface area contributed by atoms with Crippen LogP contribution in [0.4, 0.5) is 13.2 Å². The van der Waals surface area contributed by atoms with Crippen molar-refractivity contribution in [2.75, 3.05) is 11.4 Å². The highest BCUT2D eigenvalue weighted by atomic mass is 35.5. The zero-order valence-corrected chi connectivity index (χ0v) is 15.6. The van der Waals surface area contributed by atoms with Gasteiger partial charge in [0.15, 0.2) is 11.0 Å². The Morgan fingerprint density at radius 1 is 1.26 bits per heavy atom. The van der Waals surface area contributed by atoms with E-state index in [-0.39, 0.29) is 25.4 Å². The fraction of sp³-hybridized carbons (Fsp3) is 0.294. The highest BCUT2D eigenvalue weighted by molar-refractivity contribution is 7.99. The standard InChI is InChI=1S/C17H16F3N4OS.ClH/c18-17(19,20)7-3-9-25-13-6-8-23-12(10-13)11-26-22-24-15-5-2-1-4-14(15)21-16(23)24;/h1-2,4-6,8,10,22H,3,7,9,11H2;1H/q+1;/p-1. The van der Waals surface area contributed by atoms with Gasteiger partial charge in [-0.1, -0.05) is 17.1 Å². The summed E-state index contributed by atoms with van der Waals surface area (Å²) in [5.41, 5.74) is 2.80. The summed E-state index contributed by atoms with van der Waals surface area (Å²) in [5, 5.41) is 0. The van der Waals surface area contributed by atoms with E-state index >= 15 is 0 Å². The molecule has 0 amide bonds. The van der Waals surface area contributed by atoms with E-state index in [0.29, 0.717) is 11.5 Å². The van der Waals surface area contributed by atoms with Crippen LogP contribution < -0.4 is 26.5 Å². The minimum atomic E-state index is -4.14. The summed E-state index contributed by atoms with van der Waals surface area (Å²) in [6.07, 6.45) is -3.20. The van der Waals surface area contributed by atoms with E-state index < -0.39 is 12.6 Å². The zero-order chi connectivity index (χ0) is 18.1. The number of halogens is 4. The molecule has 0 spiro atoms. The number of hydrogen-bond acceptors (Lipinski definition) is 4. The number of alkyl halides is 3. The fourth-order valence-electron chi connectivity index (χ4n) is 2.82. The van der Waals surface area contributed by atoms with E-state index in [1.807, 2.05) is 45.8 Å². The third kappa shape index (κ3) is 4.24. The van der Waals surface area contributed by atoms with Crippen LogP contribution in [0.15, 0.2) is 42.6 Å². The molecule has 1 aromatic carbocycles. The second-order valence-electron chi connectivity index (χ2n) is 5.91. The van der Waals surface area contributed by atoms with Crippen LogP contribution in [0.3, 0.4) is 0 Å². The zero-order valence-electron chi connectivity index (χ0n) is 14.0. The molecule has 3 aromatic rings. The van der Waals surface area contributed by atoms with Crippen LogP contribution in [0.25, 0.3) is 17.0 Å². The van der Waals surface area contributed by atoms with Gasteiger partial charge >= 0.3 is 12.1 Å². The van der Waals surface area contributed by atoms with Crippen LogP contribution in [-0.2, 0) is 5.75 Å². The third-order valence-corrected chi connectivity index (χ3v) is 4.77. The van der Waals surface area contributed by atoms with Crippen LogP contribution >= 0.6 is 11.9 Å². The highest BCUT2D eigenvalue weighted by Gasteiger charge is 2.27. The first kappa shape index (κ1) is 19.6. The number of para-hydroxylation sites is 2. The highest BCUT2D eigenvalue weighted by Crippen LogP contribution is 2.24. The van der Waals surface area contributed by atoms with Gasteiger partial charge in [0.05, 0.1) is 24.3 Å². The summed E-state index contributed by atoms with van der Waals surface area (Å²) in [7, 11) is 0. The number of nitrogens with zero attached hydrogens (tertiary/aromatic N) is 3. The summed E-state index contributed by atoms with van der Waals surface area (Å²) >= 11 is 1.51. The lowest BCUT2D eigenvalue weighted by atomic mass is 10.3. The maximum absolute atomic E-state index is 12.2. The molecule has 10 heteroatoms. The summed E-state index contributed by atoms with van der Waals surface area (Å²) in [6.45, 7) is 0.0346. The lowest BCUT2D eigenvalue weighted by Crippen LogP contribution is -3.00. The van der Waals surface area contributed by atoms with Gasteiger partial charge in [0.2, 0.25) is 0 Å². The largest absolute Gasteiger partial charge is 1.00 e. The number of fused-ring (bicyclic) bond motifs is 5. The van der Waals surface area contributed by atoms with Crippen LogP contribution in [0.2, 0.25) is 0 Å². The van der Waals surface area contributed by atoms with Crippen LogP contribution in [-0.4, -0.2) is 22.4 Å². The molecule has 1 aliphatic heterocycles. The molecule has 144 valence electrons. The van der Waals surface area contributed by atoms with Crippen molar-refractivity contribution in [1.29, 1.82) is 0 Å². The number of pyridine rings is 1. The lowest BCUT2D eigenvalue weighted by Gasteiger charge is -2.09. The van der Waals surface area contributed by atoms with Gasteiger partial charge in [-0.15, -0.1) is 4.68 Å². The Kier molecular flexibility index (Phi) is 5.71. The van der Waals surface area contributed by atoms with Crippen molar-refractivity contribution in [3.63, 3.8) is 0 Å². The van der Waals surface area contributed by atoms with Crippen molar-refractivity contribution in [2.24, 2.45) is 0 Å². The molecule has 1 aliphatic rings. The number of aromatic nitrogens is 3. The number of ether oxygens (including phenoxy) is 1. The van der Waals surface area contributed by atoms with Gasteiger partial charge in [-0.25, -0.2) is 9.40 Å². The minimum Gasteiger partial charge on any atom is -1.00 e. The number of benzene rings is 1. The van der Waals surface area contributed by atoms with Crippen LogP contribution in [0, 0.1) is 0 Å². The first-order valence-electron chi connectivity index (χ1n) is 8.11. The third-order valence-electron chi connectivity index (χ3n) is 4.01. The predicted octanol–water partition coefficient (Wildman–Crippen LogP) is 0.744. The Labute approximate surface area is 164 Å². The normalized spacial score (nSPS) is 13.1. The Morgan fingerprint density at radius 3 is 2.89 bits per heavy atom. The molecule has 0 unspecified atom stereocenters. The molecule has 0 atom stereocenters. The maximum Gasteiger partial charge on any atom is 0.427 e. The van der Waals surface area contributed by atoms with Crippen molar-refractivity contribution in [3.8, 4) is 11.7 Å². The predicted molar refractivity (Wildman–Crippen MR) is 92.7 cm³/mol. The molecule has 0 bridgehead atoms. The molecule has 0 saturated heterocycles. The van der Waals surface area contributed by atoms with Crippen molar-refractivity contribution in [1.82, 2.24) is 9.66 Å². The molecule has 4 rings (SSSR count). The van der Waals surface area contributed by atoms with Crippen LogP contribution in [0.1, 0.15) is 18.5 Å². The van der Waals surface area contributed by atoms with Crippen molar-refractivity contribution >= 4 is 23.0 Å². The topological polar surface area (TPSA) is 43.0 Å². The summed E-state index contributed by atoms with van der Waals surface area (Å²) in [6, 6.07) is 11.4. The Hall–Kier alpha value is -2.13. The summed E-state index contributed by atoms with van der Waals surface area (Å²) < 4.78 is 46.0. The van der Waals surface area contributed by atoms with Crippen molar-refractivity contribution < 1.29 is 34.9 Å². The van der Waals surface area contributed by atoms with E-state index in [1.165, 1.54) is 11.9 Å². The van der Waals surface area contributed by atoms with Gasteiger partial charge in [0.25, 0.3) is 0 Å². The fourth-order valence-corrected chi connectivity index (χ4v) is 3.56. The monoisotopic (exact) mass is 416 g/mol. The summed E-state index contributed by atoms with van der Waals surface area (Å²) in [5.74, 6) is 1.95. The van der Waals surface area contributed by atoms with Gasteiger partial charge < -0.3 is 17.1 Å². The molecule has 5 nitrogen and oxygen atoms in total. The van der Waals surface area contributed by atoms with Crippen molar-refractivity contribution in [2.45, 2.75) is 24.8 Å². The second-order valence-corrected chi connectivity index (χ2v) is 6.67. The van der Waals surface area contributed by atoms with Crippen LogP contribution in [0.5, 0.6) is 5.75 Å². The molecular formula is C17H16ClF3N4OS. The number of nitrogens with one attached hydrogen (secondary N) is 1. The molecule has 0 radical (unpaired) electrons. The summed E-state index contributed by atoms with van der Waals surface area (Å²) in [4.78, 5) is 7.94. The Bertz CT molecular complexity index is 948. The molecule has 3 heterocycles. The van der Waals surface area contributed by atoms with Gasteiger partial charge in [-0.3, -0.25) is 0 Å². The molecule has 0 aliphatic carbocycles. The first-order valence-corrected chi connectivity index (χ1v) is 9.10. The van der Waals surface area contributed by atoms with Gasteiger partial charge in [-0.05, 0) is 30.5 Å². The second kappa shape index (κ2) is 7.85. The van der Waals surface area contributed by atoms with E-state index in [0.717, 1.165) is 22.7 Å². The molecule has 0 saturated carbocycles. The minimum absolute atomic E-state index is 0. The molecule has 27 heavy (non-hydrogen) atoms. The van der Waals surface area contributed by atoms with Gasteiger partial charge in [0, 0.05) is 18.6 Å². The molecule has 2 aromatic heterocycles. The SMILES string of the molecule is FC(F)(F)CCCOc1cc[n+]2c(c1)CSNn1c-2nc2ccccc21.[Cl-]. The average Bonchev–Trinajstić information content (AvgIpc) is 2.87. The Morgan fingerprint density at radius 2 is 2.07 bits per heavy atom.